The van der Waals surface area contributed by atoms with Crippen LogP contribution in [-0.4, -0.2) is 77.6 Å². The third kappa shape index (κ3) is 7.60. The molecule has 0 spiro atoms. The third-order valence-electron chi connectivity index (χ3n) is 6.65. The molecule has 1 fully saturated rings. The fourth-order valence-electron chi connectivity index (χ4n) is 4.79. The van der Waals surface area contributed by atoms with Crippen LogP contribution in [0.15, 0.2) is 59.1 Å². The number of hydrogen-bond acceptors (Lipinski definition) is 7. The molecule has 0 aliphatic carbocycles. The van der Waals surface area contributed by atoms with Crippen molar-refractivity contribution in [2.45, 2.75) is 38.6 Å². The Morgan fingerprint density at radius 1 is 1.20 bits per heavy atom. The van der Waals surface area contributed by atoms with Gasteiger partial charge in [-0.3, -0.25) is 14.4 Å². The monoisotopic (exact) mass is 548 g/mol. The average Bonchev–Trinajstić information content (AvgIpc) is 3.12. The van der Waals surface area contributed by atoms with E-state index in [0.29, 0.717) is 48.4 Å². The molecule has 5 N–H and O–H groups in total. The first-order valence-electron chi connectivity index (χ1n) is 13.5. The first kappa shape index (κ1) is 28.6. The molecule has 0 saturated carbocycles. The van der Waals surface area contributed by atoms with E-state index in [2.05, 4.69) is 15.6 Å². The molecular weight excluding hydrogens is 512 g/mol. The highest BCUT2D eigenvalue weighted by atomic mass is 16.7. The summed E-state index contributed by atoms with van der Waals surface area (Å²) in [5.41, 5.74) is 9.33. The van der Waals surface area contributed by atoms with E-state index < -0.39 is 6.09 Å². The third-order valence-corrected chi connectivity index (χ3v) is 6.65. The van der Waals surface area contributed by atoms with Gasteiger partial charge in [-0.05, 0) is 49.6 Å². The maximum atomic E-state index is 13.4. The molecule has 2 aliphatic rings. The standard InChI is InChI=1S/C29H36N6O5/c1-2-13-35(40-15-12-31-29(38)39)28(37)22-16-20-10-11-21(17-25(20)33-26(30)18-22)27(36)34-14-6-9-24(19-34)32-23-7-4-3-5-8-23/h3-5,7-8,10-11,16-17,24,31-32H,2,6,9,12-15,18-19H2,1H3,(H2,30,33)(H,38,39)/t24-/m1/s1. The number of amides is 3. The summed E-state index contributed by atoms with van der Waals surface area (Å²) < 4.78 is 0. The Labute approximate surface area is 233 Å². The van der Waals surface area contributed by atoms with E-state index in [4.69, 9.17) is 15.7 Å². The lowest BCUT2D eigenvalue weighted by Gasteiger charge is -2.34. The highest BCUT2D eigenvalue weighted by Crippen LogP contribution is 2.29. The molecule has 0 aromatic heterocycles. The summed E-state index contributed by atoms with van der Waals surface area (Å²) in [7, 11) is 0. The number of nitrogens with two attached hydrogens (primary N) is 1. The molecule has 1 saturated heterocycles. The fourth-order valence-corrected chi connectivity index (χ4v) is 4.79. The molecule has 11 nitrogen and oxygen atoms in total. The van der Waals surface area contributed by atoms with Gasteiger partial charge in [0.15, 0.2) is 0 Å². The van der Waals surface area contributed by atoms with Crippen LogP contribution in [0, 0.1) is 0 Å². The number of nitrogens with zero attached hydrogens (tertiary/aromatic N) is 3. The van der Waals surface area contributed by atoms with Crippen LogP contribution in [0.4, 0.5) is 16.2 Å². The van der Waals surface area contributed by atoms with Crippen LogP contribution in [-0.2, 0) is 9.63 Å². The van der Waals surface area contributed by atoms with E-state index >= 15 is 0 Å². The SMILES string of the molecule is CCCN(OCCNC(=O)O)C(=O)C1=Cc2ccc(C(=O)N3CCC[C@@H](Nc4ccccc4)C3)cc2N=C(N)C1. The number of nitrogens with one attached hydrogen (secondary N) is 2. The fraction of sp³-hybridized carbons (Fsp3) is 0.379. The highest BCUT2D eigenvalue weighted by Gasteiger charge is 2.26. The zero-order chi connectivity index (χ0) is 28.5. The van der Waals surface area contributed by atoms with Crippen LogP contribution in [0.3, 0.4) is 0 Å². The van der Waals surface area contributed by atoms with Crippen LogP contribution < -0.4 is 16.4 Å². The number of carboxylic acid groups (broad SMARTS) is 1. The lowest BCUT2D eigenvalue weighted by atomic mass is 10.0. The second-order valence-corrected chi connectivity index (χ2v) is 9.80. The van der Waals surface area contributed by atoms with Crippen LogP contribution in [0.1, 0.15) is 48.5 Å². The summed E-state index contributed by atoms with van der Waals surface area (Å²) >= 11 is 0. The number of hydroxylamine groups is 2. The predicted molar refractivity (Wildman–Crippen MR) is 153 cm³/mol. The molecule has 11 heteroatoms. The maximum absolute atomic E-state index is 13.4. The molecule has 2 aliphatic heterocycles. The van der Waals surface area contributed by atoms with Crippen LogP contribution in [0.2, 0.25) is 0 Å². The molecule has 0 bridgehead atoms. The Kier molecular flexibility index (Phi) is 9.74. The number of anilines is 1. The molecule has 0 radical (unpaired) electrons. The number of carbonyl (C=O) groups is 3. The van der Waals surface area contributed by atoms with Crippen LogP contribution in [0.5, 0.6) is 0 Å². The zero-order valence-electron chi connectivity index (χ0n) is 22.6. The van der Waals surface area contributed by atoms with E-state index in [1.54, 1.807) is 24.3 Å². The number of rotatable bonds is 10. The first-order chi connectivity index (χ1) is 19.3. The summed E-state index contributed by atoms with van der Waals surface area (Å²) in [5, 5.41) is 15.7. The summed E-state index contributed by atoms with van der Waals surface area (Å²) in [6, 6.07) is 15.4. The molecule has 212 valence electrons. The molecule has 0 unspecified atom stereocenters. The van der Waals surface area contributed by atoms with E-state index in [1.165, 1.54) is 5.06 Å². The minimum Gasteiger partial charge on any atom is -0.465 e. The number of carbonyl (C=O) groups excluding carboxylic acids is 2. The number of benzene rings is 2. The molecular formula is C29H36N6O5. The molecule has 2 aromatic carbocycles. The van der Waals surface area contributed by atoms with Crippen molar-refractivity contribution in [3.8, 4) is 0 Å². The van der Waals surface area contributed by atoms with Gasteiger partial charge in [-0.25, -0.2) is 14.9 Å². The Balaban J connectivity index is 1.47. The van der Waals surface area contributed by atoms with E-state index in [-0.39, 0.29) is 43.3 Å². The smallest absolute Gasteiger partial charge is 0.404 e. The van der Waals surface area contributed by atoms with Crippen molar-refractivity contribution in [1.29, 1.82) is 0 Å². The largest absolute Gasteiger partial charge is 0.465 e. The van der Waals surface area contributed by atoms with Gasteiger partial charge in [0.1, 0.15) is 5.84 Å². The second kappa shape index (κ2) is 13.6. The Morgan fingerprint density at radius 3 is 2.75 bits per heavy atom. The van der Waals surface area contributed by atoms with Gasteiger partial charge in [0.05, 0.1) is 12.3 Å². The van der Waals surface area contributed by atoms with Crippen molar-refractivity contribution in [2.24, 2.45) is 10.7 Å². The molecule has 1 atom stereocenters. The number of amidine groups is 1. The van der Waals surface area contributed by atoms with Crippen LogP contribution in [0.25, 0.3) is 6.08 Å². The highest BCUT2D eigenvalue weighted by molar-refractivity contribution is 6.05. The molecule has 4 rings (SSSR count). The number of para-hydroxylation sites is 1. The van der Waals surface area contributed by atoms with Gasteiger partial charge in [0.25, 0.3) is 11.8 Å². The van der Waals surface area contributed by atoms with Crippen molar-refractivity contribution in [3.63, 3.8) is 0 Å². The van der Waals surface area contributed by atoms with Gasteiger partial charge < -0.3 is 26.4 Å². The Hall–Kier alpha value is -4.38. The van der Waals surface area contributed by atoms with Crippen molar-refractivity contribution < 1.29 is 24.3 Å². The van der Waals surface area contributed by atoms with Crippen molar-refractivity contribution in [1.82, 2.24) is 15.3 Å². The van der Waals surface area contributed by atoms with Gasteiger partial charge in [0, 0.05) is 61.0 Å². The topological polar surface area (TPSA) is 150 Å². The normalized spacial score (nSPS) is 16.6. The minimum atomic E-state index is -1.16. The average molecular weight is 549 g/mol. The minimum absolute atomic E-state index is 0.00910. The van der Waals surface area contributed by atoms with Gasteiger partial charge in [-0.1, -0.05) is 31.2 Å². The predicted octanol–water partition coefficient (Wildman–Crippen LogP) is 3.62. The molecule has 3 amide bonds. The Morgan fingerprint density at radius 2 is 2.00 bits per heavy atom. The van der Waals surface area contributed by atoms with Crippen molar-refractivity contribution >= 4 is 41.2 Å². The number of piperidine rings is 1. The molecule has 2 aromatic rings. The number of likely N-dealkylation sites (tertiary alicyclic amines) is 1. The second-order valence-electron chi connectivity index (χ2n) is 9.80. The number of fused-ring (bicyclic) bond motifs is 1. The van der Waals surface area contributed by atoms with E-state index in [0.717, 1.165) is 18.5 Å². The van der Waals surface area contributed by atoms with E-state index in [9.17, 15) is 14.4 Å². The molecule has 40 heavy (non-hydrogen) atoms. The first-order valence-corrected chi connectivity index (χ1v) is 13.5. The summed E-state index contributed by atoms with van der Waals surface area (Å²) in [5.74, 6) is -0.191. The van der Waals surface area contributed by atoms with Gasteiger partial charge in [-0.2, -0.15) is 0 Å². The van der Waals surface area contributed by atoms with Gasteiger partial charge in [-0.15, -0.1) is 0 Å². The zero-order valence-corrected chi connectivity index (χ0v) is 22.6. The van der Waals surface area contributed by atoms with Crippen molar-refractivity contribution in [3.05, 3.63) is 65.2 Å². The maximum Gasteiger partial charge on any atom is 0.404 e. The van der Waals surface area contributed by atoms with Gasteiger partial charge >= 0.3 is 6.09 Å². The lowest BCUT2D eigenvalue weighted by molar-refractivity contribution is -0.181. The summed E-state index contributed by atoms with van der Waals surface area (Å²) in [4.78, 5) is 49.3. The lowest BCUT2D eigenvalue weighted by Crippen LogP contribution is -2.45. The summed E-state index contributed by atoms with van der Waals surface area (Å²) in [6.45, 7) is 3.58. The number of hydrogen-bond donors (Lipinski definition) is 4. The van der Waals surface area contributed by atoms with Crippen molar-refractivity contribution in [2.75, 3.05) is 38.1 Å². The number of aliphatic imine (C=N–C) groups is 1. The quantitative estimate of drug-likeness (QED) is 0.262. The van der Waals surface area contributed by atoms with Gasteiger partial charge in [0.2, 0.25) is 0 Å². The molecule has 2 heterocycles. The van der Waals surface area contributed by atoms with Crippen LogP contribution >= 0.6 is 0 Å². The summed E-state index contributed by atoms with van der Waals surface area (Å²) in [6.07, 6.45) is 3.22. The van der Waals surface area contributed by atoms with E-state index in [1.807, 2.05) is 42.2 Å². The Bertz CT molecular complexity index is 1280.